The van der Waals surface area contributed by atoms with Gasteiger partial charge in [-0.05, 0) is 66.7 Å². The Hall–Kier alpha value is -2.09. The van der Waals surface area contributed by atoms with Crippen LogP contribution in [0.5, 0.6) is 5.75 Å². The van der Waals surface area contributed by atoms with Crippen LogP contribution in [-0.4, -0.2) is 12.9 Å². The molecule has 0 saturated heterocycles. The number of fused-ring (bicyclic) bond motifs is 5. The molecule has 2 aromatic carbocycles. The van der Waals surface area contributed by atoms with Gasteiger partial charge in [-0.15, -0.1) is 0 Å². The number of methoxy groups -OCH3 is 1. The van der Waals surface area contributed by atoms with Gasteiger partial charge in [0.05, 0.1) is 7.11 Å². The van der Waals surface area contributed by atoms with Crippen molar-refractivity contribution in [1.82, 2.24) is 0 Å². The van der Waals surface area contributed by atoms with Crippen LogP contribution in [0.1, 0.15) is 35.2 Å². The fourth-order valence-corrected chi connectivity index (χ4v) is 5.18. The molecule has 23 heavy (non-hydrogen) atoms. The summed E-state index contributed by atoms with van der Waals surface area (Å²) in [6, 6.07) is 10.3. The molecule has 3 aliphatic rings. The Morgan fingerprint density at radius 2 is 2.13 bits per heavy atom. The van der Waals surface area contributed by atoms with Gasteiger partial charge >= 0.3 is 0 Å². The maximum atomic E-state index is 13.4. The number of allylic oxidation sites excluding steroid dienone is 2. The van der Waals surface area contributed by atoms with E-state index < -0.39 is 0 Å². The molecule has 3 unspecified atom stereocenters. The molecule has 0 heterocycles. The molecule has 0 amide bonds. The summed E-state index contributed by atoms with van der Waals surface area (Å²) in [7, 11) is 1.70. The van der Waals surface area contributed by atoms with Crippen LogP contribution >= 0.6 is 0 Å². The number of Topliss-reactive ketones (excluding diaryl/α,β-unsaturated/α-hetero) is 1. The lowest BCUT2D eigenvalue weighted by Gasteiger charge is -2.38. The normalized spacial score (nSPS) is 31.1. The molecule has 0 aliphatic heterocycles. The summed E-state index contributed by atoms with van der Waals surface area (Å²) in [4.78, 5) is 13.4. The zero-order valence-corrected chi connectivity index (χ0v) is 13.3. The van der Waals surface area contributed by atoms with Crippen molar-refractivity contribution in [1.29, 1.82) is 0 Å². The Labute approximate surface area is 136 Å². The molecular formula is C21H20O2. The SMILES string of the molecule is COc1cccc2cc3c(cc12)CCC1(CC2C=CC1C2)C3=O. The number of ketones is 1. The first-order valence-corrected chi connectivity index (χ1v) is 8.54. The van der Waals surface area contributed by atoms with E-state index in [1.54, 1.807) is 7.11 Å². The largest absolute Gasteiger partial charge is 0.496 e. The second kappa shape index (κ2) is 4.47. The predicted molar refractivity (Wildman–Crippen MR) is 90.9 cm³/mol. The van der Waals surface area contributed by atoms with E-state index in [0.29, 0.717) is 17.6 Å². The highest BCUT2D eigenvalue weighted by atomic mass is 16.5. The Bertz CT molecular complexity index is 864. The predicted octanol–water partition coefficient (Wildman–Crippen LogP) is 4.56. The third-order valence-corrected chi connectivity index (χ3v) is 6.33. The smallest absolute Gasteiger partial charge is 0.169 e. The van der Waals surface area contributed by atoms with Crippen LogP contribution in [0.25, 0.3) is 10.8 Å². The summed E-state index contributed by atoms with van der Waals surface area (Å²) >= 11 is 0. The Kier molecular flexibility index (Phi) is 2.60. The van der Waals surface area contributed by atoms with E-state index in [2.05, 4.69) is 30.4 Å². The molecule has 2 aromatic rings. The highest BCUT2D eigenvalue weighted by molar-refractivity contribution is 6.07. The third-order valence-electron chi connectivity index (χ3n) is 6.33. The standard InChI is InChI=1S/C21H20O2/c1-23-19-4-2-3-14-11-18-15(10-17(14)19)7-8-21(20(18)22)12-13-5-6-16(21)9-13/h2-6,10-11,13,16H,7-9,12H2,1H3. The minimum atomic E-state index is -0.112. The van der Waals surface area contributed by atoms with Crippen LogP contribution in [0.3, 0.4) is 0 Å². The van der Waals surface area contributed by atoms with E-state index in [4.69, 9.17) is 4.74 Å². The summed E-state index contributed by atoms with van der Waals surface area (Å²) in [5.74, 6) is 2.38. The van der Waals surface area contributed by atoms with Crippen LogP contribution in [0, 0.1) is 17.3 Å². The summed E-state index contributed by atoms with van der Waals surface area (Å²) < 4.78 is 5.48. The van der Waals surface area contributed by atoms with Crippen molar-refractivity contribution in [2.24, 2.45) is 17.3 Å². The number of benzene rings is 2. The van der Waals surface area contributed by atoms with Gasteiger partial charge in [-0.3, -0.25) is 4.79 Å². The molecule has 2 nitrogen and oxygen atoms in total. The topological polar surface area (TPSA) is 26.3 Å². The monoisotopic (exact) mass is 304 g/mol. The van der Waals surface area contributed by atoms with Crippen molar-refractivity contribution in [3.8, 4) is 5.75 Å². The number of rotatable bonds is 1. The molecule has 5 rings (SSSR count). The van der Waals surface area contributed by atoms with Crippen LogP contribution in [0.4, 0.5) is 0 Å². The molecular weight excluding hydrogens is 284 g/mol. The van der Waals surface area contributed by atoms with Crippen molar-refractivity contribution < 1.29 is 9.53 Å². The number of hydrogen-bond donors (Lipinski definition) is 0. The Morgan fingerprint density at radius 1 is 1.22 bits per heavy atom. The highest BCUT2D eigenvalue weighted by Crippen LogP contribution is 2.57. The molecule has 1 spiro atoms. The maximum absolute atomic E-state index is 13.4. The number of carbonyl (C=O) groups is 1. The molecule has 1 fully saturated rings. The van der Waals surface area contributed by atoms with E-state index in [1.165, 1.54) is 12.0 Å². The first-order chi connectivity index (χ1) is 11.2. The Morgan fingerprint density at radius 3 is 2.87 bits per heavy atom. The van der Waals surface area contributed by atoms with Crippen molar-refractivity contribution in [2.75, 3.05) is 7.11 Å². The number of ether oxygens (including phenoxy) is 1. The van der Waals surface area contributed by atoms with Crippen molar-refractivity contribution in [3.63, 3.8) is 0 Å². The average molecular weight is 304 g/mol. The van der Waals surface area contributed by atoms with Crippen LogP contribution in [0.2, 0.25) is 0 Å². The van der Waals surface area contributed by atoms with E-state index in [0.717, 1.165) is 41.3 Å². The molecule has 116 valence electrons. The van der Waals surface area contributed by atoms with Gasteiger partial charge in [-0.1, -0.05) is 24.3 Å². The van der Waals surface area contributed by atoms with Crippen molar-refractivity contribution in [2.45, 2.75) is 25.7 Å². The van der Waals surface area contributed by atoms with E-state index in [1.807, 2.05) is 12.1 Å². The van der Waals surface area contributed by atoms with Crippen LogP contribution in [-0.2, 0) is 6.42 Å². The molecule has 0 radical (unpaired) electrons. The number of hydrogen-bond acceptors (Lipinski definition) is 2. The molecule has 1 saturated carbocycles. The molecule has 2 bridgehead atoms. The third kappa shape index (κ3) is 1.67. The zero-order chi connectivity index (χ0) is 15.6. The number of carbonyl (C=O) groups excluding carboxylic acids is 1. The second-order valence-electron chi connectivity index (χ2n) is 7.37. The van der Waals surface area contributed by atoms with E-state index >= 15 is 0 Å². The molecule has 0 N–H and O–H groups in total. The first-order valence-electron chi connectivity index (χ1n) is 8.54. The summed E-state index contributed by atoms with van der Waals surface area (Å²) in [5, 5.41) is 2.22. The van der Waals surface area contributed by atoms with Crippen LogP contribution < -0.4 is 4.74 Å². The number of aryl methyl sites for hydroxylation is 1. The molecule has 3 aliphatic carbocycles. The summed E-state index contributed by atoms with van der Waals surface area (Å²) in [5.41, 5.74) is 2.04. The lowest BCUT2D eigenvalue weighted by molar-refractivity contribution is 0.0703. The second-order valence-corrected chi connectivity index (χ2v) is 7.37. The summed E-state index contributed by atoms with van der Waals surface area (Å²) in [6.45, 7) is 0. The van der Waals surface area contributed by atoms with Gasteiger partial charge in [0.15, 0.2) is 5.78 Å². The first kappa shape index (κ1) is 13.4. The van der Waals surface area contributed by atoms with Gasteiger partial charge < -0.3 is 4.74 Å². The van der Waals surface area contributed by atoms with Crippen LogP contribution in [0.15, 0.2) is 42.5 Å². The highest BCUT2D eigenvalue weighted by Gasteiger charge is 2.54. The molecule has 0 aromatic heterocycles. The molecule has 2 heteroatoms. The van der Waals surface area contributed by atoms with E-state index in [-0.39, 0.29) is 5.41 Å². The fourth-order valence-electron chi connectivity index (χ4n) is 5.18. The van der Waals surface area contributed by atoms with E-state index in [9.17, 15) is 4.79 Å². The zero-order valence-electron chi connectivity index (χ0n) is 13.3. The van der Waals surface area contributed by atoms with Gasteiger partial charge in [0.2, 0.25) is 0 Å². The molecule has 3 atom stereocenters. The minimum Gasteiger partial charge on any atom is -0.496 e. The minimum absolute atomic E-state index is 0.112. The van der Waals surface area contributed by atoms with Gasteiger partial charge in [0, 0.05) is 16.4 Å². The maximum Gasteiger partial charge on any atom is 0.169 e. The lowest BCUT2D eigenvalue weighted by Crippen LogP contribution is -2.39. The van der Waals surface area contributed by atoms with Gasteiger partial charge in [0.25, 0.3) is 0 Å². The lowest BCUT2D eigenvalue weighted by atomic mass is 9.63. The quantitative estimate of drug-likeness (QED) is 0.722. The fraction of sp³-hybridized carbons (Fsp3) is 0.381. The van der Waals surface area contributed by atoms with Gasteiger partial charge in [-0.25, -0.2) is 0 Å². The Balaban J connectivity index is 1.67. The van der Waals surface area contributed by atoms with Crippen molar-refractivity contribution in [3.05, 3.63) is 53.6 Å². The van der Waals surface area contributed by atoms with Crippen molar-refractivity contribution >= 4 is 16.6 Å². The van der Waals surface area contributed by atoms with Gasteiger partial charge in [-0.2, -0.15) is 0 Å². The average Bonchev–Trinajstić information content (AvgIpc) is 3.18. The van der Waals surface area contributed by atoms with Gasteiger partial charge in [0.1, 0.15) is 5.75 Å². The summed E-state index contributed by atoms with van der Waals surface area (Å²) in [6.07, 6.45) is 8.88.